The SMILES string of the molecule is CCC.CCC[C@H]1CC(=O)N1. The first-order chi connectivity index (χ1) is 5.24. The lowest BCUT2D eigenvalue weighted by Crippen LogP contribution is -2.48. The zero-order valence-electron chi connectivity index (χ0n) is 7.81. The van der Waals surface area contributed by atoms with E-state index in [1.165, 1.54) is 12.8 Å². The van der Waals surface area contributed by atoms with Crippen LogP contribution in [0.25, 0.3) is 0 Å². The predicted octanol–water partition coefficient (Wildman–Crippen LogP) is 2.09. The molecule has 0 aliphatic carbocycles. The van der Waals surface area contributed by atoms with E-state index >= 15 is 0 Å². The summed E-state index contributed by atoms with van der Waals surface area (Å²) in [5, 5.41) is 2.80. The lowest BCUT2D eigenvalue weighted by Gasteiger charge is -2.25. The van der Waals surface area contributed by atoms with E-state index < -0.39 is 0 Å². The molecule has 0 saturated carbocycles. The zero-order valence-corrected chi connectivity index (χ0v) is 7.81. The third kappa shape index (κ3) is 4.82. The number of amides is 1. The first kappa shape index (κ1) is 10.5. The first-order valence-corrected chi connectivity index (χ1v) is 4.53. The zero-order chi connectivity index (χ0) is 8.69. The molecule has 1 N–H and O–H groups in total. The molecule has 1 aliphatic rings. The minimum atomic E-state index is 0.212. The summed E-state index contributed by atoms with van der Waals surface area (Å²) in [6.07, 6.45) is 4.32. The van der Waals surface area contributed by atoms with Crippen LogP contribution in [0.4, 0.5) is 0 Å². The second kappa shape index (κ2) is 6.20. The molecule has 2 heteroatoms. The van der Waals surface area contributed by atoms with Crippen molar-refractivity contribution >= 4 is 5.91 Å². The number of carbonyl (C=O) groups excluding carboxylic acids is 1. The van der Waals surface area contributed by atoms with Gasteiger partial charge in [0.25, 0.3) is 0 Å². The van der Waals surface area contributed by atoms with Crippen LogP contribution in [0.15, 0.2) is 0 Å². The molecule has 1 aliphatic heterocycles. The first-order valence-electron chi connectivity index (χ1n) is 4.53. The monoisotopic (exact) mass is 157 g/mol. The van der Waals surface area contributed by atoms with E-state index in [9.17, 15) is 4.79 Å². The Morgan fingerprint density at radius 3 is 2.18 bits per heavy atom. The number of rotatable bonds is 2. The summed E-state index contributed by atoms with van der Waals surface area (Å²) < 4.78 is 0. The van der Waals surface area contributed by atoms with Crippen LogP contribution in [0.2, 0.25) is 0 Å². The fraction of sp³-hybridized carbons (Fsp3) is 0.889. The molecule has 0 spiro atoms. The number of hydrogen-bond donors (Lipinski definition) is 1. The van der Waals surface area contributed by atoms with Gasteiger partial charge < -0.3 is 5.32 Å². The third-order valence-electron chi connectivity index (χ3n) is 1.43. The smallest absolute Gasteiger partial charge is 0.222 e. The van der Waals surface area contributed by atoms with E-state index in [1.807, 2.05) is 0 Å². The number of hydrogen-bond acceptors (Lipinski definition) is 1. The van der Waals surface area contributed by atoms with E-state index in [2.05, 4.69) is 26.1 Å². The van der Waals surface area contributed by atoms with Gasteiger partial charge in [-0.05, 0) is 6.42 Å². The lowest BCUT2D eigenvalue weighted by atomic mass is 10.0. The Morgan fingerprint density at radius 1 is 1.45 bits per heavy atom. The highest BCUT2D eigenvalue weighted by molar-refractivity contribution is 5.82. The van der Waals surface area contributed by atoms with Gasteiger partial charge in [-0.3, -0.25) is 4.79 Å². The highest BCUT2D eigenvalue weighted by Gasteiger charge is 2.23. The standard InChI is InChI=1S/C6H11NO.C3H8/c1-2-3-5-4-6(8)7-5;1-3-2/h5H,2-4H2,1H3,(H,7,8);3H2,1-2H3/t5-;/m0./s1. The van der Waals surface area contributed by atoms with Gasteiger partial charge in [-0.15, -0.1) is 0 Å². The molecule has 1 saturated heterocycles. The van der Waals surface area contributed by atoms with Crippen molar-refractivity contribution in [1.82, 2.24) is 5.32 Å². The highest BCUT2D eigenvalue weighted by atomic mass is 16.2. The second-order valence-electron chi connectivity index (χ2n) is 2.96. The minimum Gasteiger partial charge on any atom is -0.353 e. The molecule has 2 nitrogen and oxygen atoms in total. The molecule has 1 heterocycles. The largest absolute Gasteiger partial charge is 0.353 e. The molecular weight excluding hydrogens is 138 g/mol. The van der Waals surface area contributed by atoms with Crippen LogP contribution in [0.5, 0.6) is 0 Å². The van der Waals surface area contributed by atoms with Crippen molar-refractivity contribution in [2.45, 2.75) is 52.5 Å². The maximum atomic E-state index is 10.3. The highest BCUT2D eigenvalue weighted by Crippen LogP contribution is 2.09. The molecule has 0 unspecified atom stereocenters. The van der Waals surface area contributed by atoms with E-state index in [1.54, 1.807) is 0 Å². The molecule has 66 valence electrons. The van der Waals surface area contributed by atoms with Crippen LogP contribution in [-0.2, 0) is 4.79 Å². The van der Waals surface area contributed by atoms with Gasteiger partial charge in [0.15, 0.2) is 0 Å². The summed E-state index contributed by atoms with van der Waals surface area (Å²) in [6, 6.07) is 0.507. The van der Waals surface area contributed by atoms with Crippen LogP contribution in [0, 0.1) is 0 Å². The molecular formula is C9H19NO. The summed E-state index contributed by atoms with van der Waals surface area (Å²) >= 11 is 0. The van der Waals surface area contributed by atoms with Crippen molar-refractivity contribution in [3.05, 3.63) is 0 Å². The van der Waals surface area contributed by atoms with Crippen LogP contribution in [0.1, 0.15) is 46.5 Å². The number of β-lactam (4-membered cyclic amide) rings is 1. The normalized spacial score (nSPS) is 21.0. The van der Waals surface area contributed by atoms with Gasteiger partial charge in [0.1, 0.15) is 0 Å². The van der Waals surface area contributed by atoms with Gasteiger partial charge in [0.05, 0.1) is 0 Å². The molecule has 0 bridgehead atoms. The van der Waals surface area contributed by atoms with Gasteiger partial charge in [-0.1, -0.05) is 33.6 Å². The average molecular weight is 157 g/mol. The van der Waals surface area contributed by atoms with Crippen molar-refractivity contribution in [2.24, 2.45) is 0 Å². The molecule has 0 aromatic rings. The molecule has 1 fully saturated rings. The summed E-state index contributed by atoms with van der Waals surface area (Å²) in [6.45, 7) is 6.38. The predicted molar refractivity (Wildman–Crippen MR) is 47.4 cm³/mol. The minimum absolute atomic E-state index is 0.212. The number of carbonyl (C=O) groups is 1. The molecule has 1 atom stereocenters. The fourth-order valence-electron chi connectivity index (χ4n) is 0.953. The summed E-state index contributed by atoms with van der Waals surface area (Å²) in [4.78, 5) is 10.3. The van der Waals surface area contributed by atoms with Gasteiger partial charge in [0, 0.05) is 12.5 Å². The van der Waals surface area contributed by atoms with Crippen molar-refractivity contribution in [3.8, 4) is 0 Å². The fourth-order valence-corrected chi connectivity index (χ4v) is 0.953. The Hall–Kier alpha value is -0.530. The van der Waals surface area contributed by atoms with Gasteiger partial charge in [-0.25, -0.2) is 0 Å². The van der Waals surface area contributed by atoms with Crippen molar-refractivity contribution < 1.29 is 4.79 Å². The summed E-state index contributed by atoms with van der Waals surface area (Å²) in [5.74, 6) is 0.212. The topological polar surface area (TPSA) is 29.1 Å². The summed E-state index contributed by atoms with van der Waals surface area (Å²) in [5.41, 5.74) is 0. The van der Waals surface area contributed by atoms with Crippen molar-refractivity contribution in [3.63, 3.8) is 0 Å². The molecule has 0 aromatic heterocycles. The van der Waals surface area contributed by atoms with E-state index in [0.717, 1.165) is 12.8 Å². The van der Waals surface area contributed by atoms with E-state index in [0.29, 0.717) is 6.04 Å². The van der Waals surface area contributed by atoms with Crippen LogP contribution in [0.3, 0.4) is 0 Å². The van der Waals surface area contributed by atoms with Crippen LogP contribution in [-0.4, -0.2) is 11.9 Å². The lowest BCUT2D eigenvalue weighted by molar-refractivity contribution is -0.128. The molecule has 11 heavy (non-hydrogen) atoms. The Balaban J connectivity index is 0.000000292. The van der Waals surface area contributed by atoms with Crippen LogP contribution < -0.4 is 5.32 Å². The van der Waals surface area contributed by atoms with Crippen LogP contribution >= 0.6 is 0 Å². The molecule has 1 amide bonds. The van der Waals surface area contributed by atoms with Gasteiger partial charge in [-0.2, -0.15) is 0 Å². The van der Waals surface area contributed by atoms with Crippen molar-refractivity contribution in [2.75, 3.05) is 0 Å². The van der Waals surface area contributed by atoms with E-state index in [4.69, 9.17) is 0 Å². The summed E-state index contributed by atoms with van der Waals surface area (Å²) in [7, 11) is 0. The Kier molecular flexibility index (Phi) is 5.90. The average Bonchev–Trinajstić information content (AvgIpc) is 1.87. The van der Waals surface area contributed by atoms with Gasteiger partial charge in [0.2, 0.25) is 5.91 Å². The quantitative estimate of drug-likeness (QED) is 0.611. The second-order valence-corrected chi connectivity index (χ2v) is 2.96. The number of nitrogens with one attached hydrogen (secondary N) is 1. The molecule has 0 radical (unpaired) electrons. The maximum absolute atomic E-state index is 10.3. The van der Waals surface area contributed by atoms with Crippen molar-refractivity contribution in [1.29, 1.82) is 0 Å². The Labute approximate surface area is 69.4 Å². The molecule has 0 aromatic carbocycles. The van der Waals surface area contributed by atoms with Gasteiger partial charge >= 0.3 is 0 Å². The third-order valence-corrected chi connectivity index (χ3v) is 1.43. The Morgan fingerprint density at radius 2 is 1.91 bits per heavy atom. The molecule has 1 rings (SSSR count). The van der Waals surface area contributed by atoms with E-state index in [-0.39, 0.29) is 5.91 Å². The maximum Gasteiger partial charge on any atom is 0.222 e. The Bertz CT molecular complexity index is 104.